The predicted molar refractivity (Wildman–Crippen MR) is 136 cm³/mol. The third-order valence-electron chi connectivity index (χ3n) is 5.64. The molecule has 1 atom stereocenters. The first-order valence-electron chi connectivity index (χ1n) is 10.6. The van der Waals surface area contributed by atoms with Crippen LogP contribution in [-0.2, 0) is 9.53 Å². The number of ether oxygens (including phenoxy) is 1. The summed E-state index contributed by atoms with van der Waals surface area (Å²) in [6.45, 7) is 1.74. The molecule has 0 radical (unpaired) electrons. The van der Waals surface area contributed by atoms with Gasteiger partial charge in [0.25, 0.3) is 5.56 Å². The van der Waals surface area contributed by atoms with Crippen LogP contribution in [0.4, 0.5) is 0 Å². The Hall–Kier alpha value is -3.39. The lowest BCUT2D eigenvalue weighted by molar-refractivity contribution is -0.136. The molecule has 2 aromatic carbocycles. The Labute approximate surface area is 214 Å². The van der Waals surface area contributed by atoms with Crippen molar-refractivity contribution in [3.05, 3.63) is 113 Å². The molecule has 4 aromatic rings. The van der Waals surface area contributed by atoms with Crippen LogP contribution in [0.1, 0.15) is 24.3 Å². The van der Waals surface area contributed by atoms with Gasteiger partial charge >= 0.3 is 5.97 Å². The van der Waals surface area contributed by atoms with Crippen LogP contribution in [0.25, 0.3) is 17.4 Å². The molecule has 0 amide bonds. The Morgan fingerprint density at radius 1 is 1.14 bits per heavy atom. The van der Waals surface area contributed by atoms with E-state index in [0.29, 0.717) is 47.7 Å². The van der Waals surface area contributed by atoms with Crippen molar-refractivity contribution in [3.8, 4) is 11.3 Å². The number of halogens is 2. The molecule has 0 bridgehead atoms. The number of hydrogen-bond donors (Lipinski definition) is 0. The number of aromatic nitrogens is 1. The fourth-order valence-electron chi connectivity index (χ4n) is 4.04. The Balaban J connectivity index is 1.64. The zero-order chi connectivity index (χ0) is 24.7. The monoisotopic (exact) mass is 524 g/mol. The molecular weight excluding hydrogens is 507 g/mol. The molecule has 0 saturated carbocycles. The quantitative estimate of drug-likeness (QED) is 0.353. The van der Waals surface area contributed by atoms with Gasteiger partial charge in [0.1, 0.15) is 11.5 Å². The van der Waals surface area contributed by atoms with E-state index in [4.69, 9.17) is 32.4 Å². The third kappa shape index (κ3) is 4.27. The number of fused-ring (bicyclic) bond motifs is 1. The summed E-state index contributed by atoms with van der Waals surface area (Å²) in [4.78, 5) is 31.3. The van der Waals surface area contributed by atoms with Gasteiger partial charge in [0.15, 0.2) is 4.80 Å². The normalized spacial score (nSPS) is 15.7. The van der Waals surface area contributed by atoms with Crippen molar-refractivity contribution in [2.45, 2.75) is 13.0 Å². The summed E-state index contributed by atoms with van der Waals surface area (Å²) in [7, 11) is 1.32. The van der Waals surface area contributed by atoms with E-state index in [1.54, 1.807) is 43.3 Å². The molecule has 9 heteroatoms. The van der Waals surface area contributed by atoms with Gasteiger partial charge in [-0.05, 0) is 42.8 Å². The number of carbonyl (C=O) groups excluding carboxylic acids is 1. The summed E-state index contributed by atoms with van der Waals surface area (Å²) < 4.78 is 12.9. The Morgan fingerprint density at radius 2 is 1.91 bits per heavy atom. The number of thiazole rings is 1. The number of rotatable bonds is 4. The Morgan fingerprint density at radius 3 is 2.63 bits per heavy atom. The molecular formula is C26H18Cl2N2O4S. The second-order valence-corrected chi connectivity index (χ2v) is 9.66. The van der Waals surface area contributed by atoms with Crippen molar-refractivity contribution in [2.75, 3.05) is 7.11 Å². The highest BCUT2D eigenvalue weighted by molar-refractivity contribution is 7.07. The lowest BCUT2D eigenvalue weighted by Crippen LogP contribution is -2.39. The summed E-state index contributed by atoms with van der Waals surface area (Å²) in [6.07, 6.45) is 1.66. The minimum Gasteiger partial charge on any atom is -0.466 e. The average molecular weight is 525 g/mol. The van der Waals surface area contributed by atoms with E-state index in [2.05, 4.69) is 4.99 Å². The smallest absolute Gasteiger partial charge is 0.338 e. The minimum absolute atomic E-state index is 0.279. The first-order valence-corrected chi connectivity index (χ1v) is 12.2. The fraction of sp³-hybridized carbons (Fsp3) is 0.115. The minimum atomic E-state index is -0.651. The highest BCUT2D eigenvalue weighted by Crippen LogP contribution is 2.32. The Bertz CT molecular complexity index is 1670. The highest BCUT2D eigenvalue weighted by Gasteiger charge is 2.32. The zero-order valence-electron chi connectivity index (χ0n) is 18.6. The van der Waals surface area contributed by atoms with Crippen LogP contribution in [0, 0.1) is 0 Å². The van der Waals surface area contributed by atoms with Gasteiger partial charge < -0.3 is 9.15 Å². The summed E-state index contributed by atoms with van der Waals surface area (Å²) in [5.74, 6) is 0.512. The standard InChI is InChI=1S/C26H18Cl2N2O4S/c1-14-22(25(32)33-2)23(15-6-4-3-5-7-15)30-24(31)21(35-26(30)29-14)13-17-9-11-20(34-17)18-10-8-16(27)12-19(18)28/h3-13,23H,1-2H3. The average Bonchev–Trinajstić information content (AvgIpc) is 3.42. The van der Waals surface area contributed by atoms with Gasteiger partial charge in [0, 0.05) is 16.7 Å². The second-order valence-electron chi connectivity index (χ2n) is 7.81. The van der Waals surface area contributed by atoms with E-state index in [-0.39, 0.29) is 5.56 Å². The van der Waals surface area contributed by atoms with Crippen LogP contribution in [0.3, 0.4) is 0 Å². The van der Waals surface area contributed by atoms with Crippen LogP contribution < -0.4 is 14.9 Å². The number of nitrogens with zero attached hydrogens (tertiary/aromatic N) is 2. The molecule has 1 aliphatic heterocycles. The first kappa shape index (κ1) is 23.4. The van der Waals surface area contributed by atoms with E-state index in [1.807, 2.05) is 30.3 Å². The first-order chi connectivity index (χ1) is 16.9. The molecule has 6 nitrogen and oxygen atoms in total. The number of esters is 1. The number of hydrogen-bond acceptors (Lipinski definition) is 6. The Kier molecular flexibility index (Phi) is 6.23. The lowest BCUT2D eigenvalue weighted by Gasteiger charge is -2.24. The van der Waals surface area contributed by atoms with E-state index in [1.165, 1.54) is 23.0 Å². The number of methoxy groups -OCH3 is 1. The van der Waals surface area contributed by atoms with E-state index in [9.17, 15) is 9.59 Å². The van der Waals surface area contributed by atoms with Crippen molar-refractivity contribution in [3.63, 3.8) is 0 Å². The van der Waals surface area contributed by atoms with E-state index < -0.39 is 12.0 Å². The van der Waals surface area contributed by atoms with Crippen molar-refractivity contribution in [1.82, 2.24) is 4.57 Å². The molecule has 5 rings (SSSR count). The summed E-state index contributed by atoms with van der Waals surface area (Å²) in [5, 5.41) is 0.993. The fourth-order valence-corrected chi connectivity index (χ4v) is 5.57. The molecule has 1 unspecified atom stereocenters. The van der Waals surface area contributed by atoms with Crippen LogP contribution in [-0.4, -0.2) is 17.6 Å². The SMILES string of the molecule is COC(=O)C1=C(C)N=c2sc(=Cc3ccc(-c4ccc(Cl)cc4Cl)o3)c(=O)n2C1c1ccccc1. The van der Waals surface area contributed by atoms with Crippen LogP contribution in [0.15, 0.2) is 86.1 Å². The summed E-state index contributed by atoms with van der Waals surface area (Å²) in [5.41, 5.74) is 2.04. The number of benzene rings is 2. The van der Waals surface area contributed by atoms with Gasteiger partial charge in [-0.2, -0.15) is 0 Å². The molecule has 176 valence electrons. The van der Waals surface area contributed by atoms with Gasteiger partial charge in [-0.3, -0.25) is 9.36 Å². The maximum absolute atomic E-state index is 13.6. The van der Waals surface area contributed by atoms with E-state index >= 15 is 0 Å². The van der Waals surface area contributed by atoms with Gasteiger partial charge in [0.05, 0.1) is 34.0 Å². The van der Waals surface area contributed by atoms with Gasteiger partial charge in [-0.25, -0.2) is 9.79 Å². The molecule has 1 aliphatic rings. The molecule has 35 heavy (non-hydrogen) atoms. The molecule has 0 saturated heterocycles. The van der Waals surface area contributed by atoms with Crippen LogP contribution in [0.2, 0.25) is 10.0 Å². The predicted octanol–water partition coefficient (Wildman–Crippen LogP) is 4.98. The summed E-state index contributed by atoms with van der Waals surface area (Å²) in [6, 6.07) is 17.4. The van der Waals surface area contributed by atoms with Crippen LogP contribution in [0.5, 0.6) is 0 Å². The van der Waals surface area contributed by atoms with Crippen molar-refractivity contribution in [2.24, 2.45) is 4.99 Å². The number of allylic oxidation sites excluding steroid dienone is 1. The number of furan rings is 1. The third-order valence-corrected chi connectivity index (χ3v) is 7.17. The molecule has 0 fully saturated rings. The van der Waals surface area contributed by atoms with Crippen molar-refractivity contribution < 1.29 is 13.9 Å². The number of carbonyl (C=O) groups is 1. The topological polar surface area (TPSA) is 73.8 Å². The van der Waals surface area contributed by atoms with Gasteiger partial charge in [-0.15, -0.1) is 0 Å². The van der Waals surface area contributed by atoms with Gasteiger partial charge in [-0.1, -0.05) is 64.9 Å². The van der Waals surface area contributed by atoms with Crippen molar-refractivity contribution >= 4 is 46.6 Å². The highest BCUT2D eigenvalue weighted by atomic mass is 35.5. The second kappa shape index (κ2) is 9.34. The largest absolute Gasteiger partial charge is 0.466 e. The lowest BCUT2D eigenvalue weighted by atomic mass is 9.96. The molecule has 2 aromatic heterocycles. The van der Waals surface area contributed by atoms with Crippen molar-refractivity contribution in [1.29, 1.82) is 0 Å². The molecule has 0 N–H and O–H groups in total. The van der Waals surface area contributed by atoms with E-state index in [0.717, 1.165) is 5.56 Å². The summed E-state index contributed by atoms with van der Waals surface area (Å²) >= 11 is 13.5. The molecule has 3 heterocycles. The zero-order valence-corrected chi connectivity index (χ0v) is 20.9. The van der Waals surface area contributed by atoms with Crippen LogP contribution >= 0.6 is 34.5 Å². The maximum atomic E-state index is 13.6. The molecule has 0 aliphatic carbocycles. The van der Waals surface area contributed by atoms with Gasteiger partial charge in [0.2, 0.25) is 0 Å². The molecule has 0 spiro atoms. The maximum Gasteiger partial charge on any atom is 0.338 e.